The number of nitrogens with one attached hydrogen (secondary N) is 1. The van der Waals surface area contributed by atoms with Crippen LogP contribution in [0.15, 0.2) is 72.0 Å². The van der Waals surface area contributed by atoms with Crippen molar-refractivity contribution in [3.05, 3.63) is 83.3 Å². The van der Waals surface area contributed by atoms with Crippen LogP contribution in [0, 0.1) is 0 Å². The summed E-state index contributed by atoms with van der Waals surface area (Å²) in [7, 11) is 0. The van der Waals surface area contributed by atoms with Gasteiger partial charge in [-0.1, -0.05) is 0 Å². The number of rotatable bonds is 8. The van der Waals surface area contributed by atoms with Crippen LogP contribution in [0.1, 0.15) is 17.4 Å². The van der Waals surface area contributed by atoms with Crippen LogP contribution >= 0.6 is 0 Å². The molecular formula is C22H21N7O3. The third-order valence-electron chi connectivity index (χ3n) is 4.59. The molecule has 1 aromatic carbocycles. The minimum atomic E-state index is -0.384. The van der Waals surface area contributed by atoms with Gasteiger partial charge in [-0.2, -0.15) is 5.10 Å². The molecule has 32 heavy (non-hydrogen) atoms. The van der Waals surface area contributed by atoms with Gasteiger partial charge in [-0.05, 0) is 49.4 Å². The highest BCUT2D eigenvalue weighted by atomic mass is 16.5. The van der Waals surface area contributed by atoms with Crippen molar-refractivity contribution >= 4 is 5.91 Å². The molecule has 0 atom stereocenters. The summed E-state index contributed by atoms with van der Waals surface area (Å²) in [5.41, 5.74) is 1.44. The Balaban J connectivity index is 1.37. The lowest BCUT2D eigenvalue weighted by atomic mass is 10.1. The van der Waals surface area contributed by atoms with Gasteiger partial charge in [0, 0.05) is 30.6 Å². The second kappa shape index (κ2) is 9.65. The number of imidazole rings is 1. The maximum Gasteiger partial charge on any atom is 0.271 e. The van der Waals surface area contributed by atoms with E-state index in [9.17, 15) is 9.59 Å². The van der Waals surface area contributed by atoms with E-state index in [4.69, 9.17) is 4.74 Å². The van der Waals surface area contributed by atoms with Crippen LogP contribution in [0.2, 0.25) is 0 Å². The van der Waals surface area contributed by atoms with E-state index < -0.39 is 0 Å². The van der Waals surface area contributed by atoms with Crippen molar-refractivity contribution in [3.63, 3.8) is 0 Å². The number of amides is 1. The molecule has 0 saturated heterocycles. The largest absolute Gasteiger partial charge is 0.494 e. The van der Waals surface area contributed by atoms with Crippen LogP contribution in [0.25, 0.3) is 17.1 Å². The predicted octanol–water partition coefficient (Wildman–Crippen LogP) is 1.71. The van der Waals surface area contributed by atoms with E-state index in [2.05, 4.69) is 25.6 Å². The van der Waals surface area contributed by atoms with Crippen LogP contribution in [0.4, 0.5) is 0 Å². The predicted molar refractivity (Wildman–Crippen MR) is 117 cm³/mol. The molecule has 0 unspecified atom stereocenters. The van der Waals surface area contributed by atoms with Gasteiger partial charge >= 0.3 is 0 Å². The van der Waals surface area contributed by atoms with E-state index in [1.54, 1.807) is 41.5 Å². The number of carbonyl (C=O) groups is 1. The highest BCUT2D eigenvalue weighted by molar-refractivity contribution is 5.92. The second-order valence-electron chi connectivity index (χ2n) is 6.74. The summed E-state index contributed by atoms with van der Waals surface area (Å²) in [4.78, 5) is 28.5. The minimum absolute atomic E-state index is 0.178. The second-order valence-corrected chi connectivity index (χ2v) is 6.74. The summed E-state index contributed by atoms with van der Waals surface area (Å²) >= 11 is 0. The first-order valence-electron chi connectivity index (χ1n) is 10.1. The molecule has 0 radical (unpaired) electrons. The van der Waals surface area contributed by atoms with Gasteiger partial charge in [0.2, 0.25) is 0 Å². The summed E-state index contributed by atoms with van der Waals surface area (Å²) in [6.07, 6.45) is 4.95. The Morgan fingerprint density at radius 2 is 1.91 bits per heavy atom. The Morgan fingerprint density at radius 3 is 2.59 bits per heavy atom. The highest BCUT2D eigenvalue weighted by Crippen LogP contribution is 2.19. The summed E-state index contributed by atoms with van der Waals surface area (Å²) in [5, 5.41) is 15.1. The van der Waals surface area contributed by atoms with E-state index in [0.717, 1.165) is 11.3 Å². The molecule has 4 aromatic rings. The number of hydrogen-bond acceptors (Lipinski definition) is 7. The third kappa shape index (κ3) is 4.86. The quantitative estimate of drug-likeness (QED) is 0.451. The summed E-state index contributed by atoms with van der Waals surface area (Å²) in [6, 6.07) is 13.9. The van der Waals surface area contributed by atoms with E-state index >= 15 is 0 Å². The van der Waals surface area contributed by atoms with Gasteiger partial charge in [0.1, 0.15) is 12.1 Å². The molecule has 10 nitrogen and oxygen atoms in total. The molecule has 162 valence electrons. The van der Waals surface area contributed by atoms with Crippen LogP contribution in [0.5, 0.6) is 5.75 Å². The molecular weight excluding hydrogens is 410 g/mol. The van der Waals surface area contributed by atoms with E-state index in [0.29, 0.717) is 18.1 Å². The molecule has 0 fully saturated rings. The van der Waals surface area contributed by atoms with Crippen molar-refractivity contribution in [2.75, 3.05) is 13.2 Å². The molecule has 1 amide bonds. The number of hydrogen-bond donors (Lipinski definition) is 1. The van der Waals surface area contributed by atoms with E-state index in [1.165, 1.54) is 10.7 Å². The SMILES string of the molecule is CCOc1ccc(-c2ccc(=O)n(CCNC(=O)c3ccc(-n4ccnc4)nn3)n2)cc1. The average molecular weight is 431 g/mol. The maximum absolute atomic E-state index is 12.3. The molecule has 3 heterocycles. The number of nitrogens with zero attached hydrogens (tertiary/aromatic N) is 6. The fourth-order valence-corrected chi connectivity index (χ4v) is 3.00. The molecule has 0 bridgehead atoms. The van der Waals surface area contributed by atoms with Crippen LogP contribution in [-0.2, 0) is 6.54 Å². The number of ether oxygens (including phenoxy) is 1. The molecule has 3 aromatic heterocycles. The van der Waals surface area contributed by atoms with Gasteiger partial charge in [-0.15, -0.1) is 10.2 Å². The Labute approximate surface area is 183 Å². The van der Waals surface area contributed by atoms with Crippen LogP contribution in [0.3, 0.4) is 0 Å². The Morgan fingerprint density at radius 1 is 1.06 bits per heavy atom. The summed E-state index contributed by atoms with van der Waals surface area (Å²) < 4.78 is 8.45. The molecule has 0 aliphatic carbocycles. The standard InChI is InChI=1S/C22H21N7O3/c1-2-32-17-5-3-16(4-6-17)18-8-10-21(30)29(27-18)14-12-24-22(31)19-7-9-20(26-25-19)28-13-11-23-15-28/h3-11,13,15H,2,12,14H2,1H3,(H,24,31). The van der Waals surface area contributed by atoms with Crippen molar-refractivity contribution in [1.82, 2.24) is 34.8 Å². The molecule has 0 aliphatic heterocycles. The lowest BCUT2D eigenvalue weighted by molar-refractivity contribution is 0.0945. The number of benzene rings is 1. The molecule has 1 N–H and O–H groups in total. The zero-order chi connectivity index (χ0) is 22.3. The number of carbonyl (C=O) groups excluding carboxylic acids is 1. The van der Waals surface area contributed by atoms with Gasteiger partial charge < -0.3 is 10.1 Å². The van der Waals surface area contributed by atoms with E-state index in [-0.39, 0.29) is 30.2 Å². The van der Waals surface area contributed by atoms with Crippen molar-refractivity contribution in [1.29, 1.82) is 0 Å². The summed E-state index contributed by atoms with van der Waals surface area (Å²) in [6.45, 7) is 2.95. The zero-order valence-electron chi connectivity index (χ0n) is 17.4. The third-order valence-corrected chi connectivity index (χ3v) is 4.59. The topological polar surface area (TPSA) is 117 Å². The fourth-order valence-electron chi connectivity index (χ4n) is 3.00. The molecule has 10 heteroatoms. The van der Waals surface area contributed by atoms with Crippen molar-refractivity contribution < 1.29 is 9.53 Å². The number of aromatic nitrogens is 6. The van der Waals surface area contributed by atoms with Crippen molar-refractivity contribution in [3.8, 4) is 22.8 Å². The molecule has 0 aliphatic rings. The van der Waals surface area contributed by atoms with Crippen LogP contribution < -0.4 is 15.6 Å². The summed E-state index contributed by atoms with van der Waals surface area (Å²) in [5.74, 6) is 0.944. The van der Waals surface area contributed by atoms with Gasteiger partial charge in [0.15, 0.2) is 11.5 Å². The zero-order valence-corrected chi connectivity index (χ0v) is 17.4. The van der Waals surface area contributed by atoms with Gasteiger partial charge in [0.05, 0.1) is 18.8 Å². The highest BCUT2D eigenvalue weighted by Gasteiger charge is 2.09. The lowest BCUT2D eigenvalue weighted by Crippen LogP contribution is -2.32. The average Bonchev–Trinajstić information content (AvgIpc) is 3.36. The molecule has 0 saturated carbocycles. The first-order chi connectivity index (χ1) is 15.6. The first kappa shape index (κ1) is 20.9. The Kier molecular flexibility index (Phi) is 6.30. The first-order valence-corrected chi connectivity index (χ1v) is 10.1. The Hall–Kier alpha value is -4.34. The van der Waals surface area contributed by atoms with Gasteiger partial charge in [-0.25, -0.2) is 9.67 Å². The maximum atomic E-state index is 12.3. The van der Waals surface area contributed by atoms with Gasteiger partial charge in [-0.3, -0.25) is 14.2 Å². The van der Waals surface area contributed by atoms with E-state index in [1.807, 2.05) is 31.2 Å². The smallest absolute Gasteiger partial charge is 0.271 e. The lowest BCUT2D eigenvalue weighted by Gasteiger charge is -2.09. The van der Waals surface area contributed by atoms with Gasteiger partial charge in [0.25, 0.3) is 11.5 Å². The Bertz CT molecular complexity index is 1230. The van der Waals surface area contributed by atoms with Crippen LogP contribution in [-0.4, -0.2) is 48.6 Å². The molecule has 0 spiro atoms. The normalized spacial score (nSPS) is 10.7. The van der Waals surface area contributed by atoms with Crippen molar-refractivity contribution in [2.45, 2.75) is 13.5 Å². The minimum Gasteiger partial charge on any atom is -0.494 e. The molecule has 4 rings (SSSR count). The fraction of sp³-hybridized carbons (Fsp3) is 0.182. The van der Waals surface area contributed by atoms with Crippen molar-refractivity contribution in [2.24, 2.45) is 0 Å². The monoisotopic (exact) mass is 431 g/mol.